The normalized spacial score (nSPS) is 20.1. The van der Waals surface area contributed by atoms with Gasteiger partial charge in [0, 0.05) is 10.6 Å². The molecule has 3 rings (SSSR count). The van der Waals surface area contributed by atoms with Gasteiger partial charge in [-0.3, -0.25) is 4.79 Å². The number of ether oxygens (including phenoxy) is 2. The maximum Gasteiger partial charge on any atom is 0.314 e. The standard InChI is InChI=1S/C18H23ClO4/c1-22-14-8-7-13(19)15(16(14)23-11-12-5-6-12)18(17(20)21)9-3-2-4-10-18/h7-8,12H,2-6,9-11H2,1H3,(H,20,21). The summed E-state index contributed by atoms with van der Waals surface area (Å²) in [5.41, 5.74) is -0.366. The molecular formula is C18H23ClO4. The molecule has 0 atom stereocenters. The molecule has 0 spiro atoms. The quantitative estimate of drug-likeness (QED) is 0.834. The summed E-state index contributed by atoms with van der Waals surface area (Å²) in [4.78, 5) is 12.2. The Morgan fingerprint density at radius 2 is 2.00 bits per heavy atom. The van der Waals surface area contributed by atoms with Gasteiger partial charge < -0.3 is 14.6 Å². The Kier molecular flexibility index (Phi) is 4.72. The maximum atomic E-state index is 12.2. The number of carboxylic acid groups (broad SMARTS) is 1. The van der Waals surface area contributed by atoms with Gasteiger partial charge in [-0.15, -0.1) is 0 Å². The van der Waals surface area contributed by atoms with E-state index in [1.165, 1.54) is 12.8 Å². The van der Waals surface area contributed by atoms with Crippen LogP contribution in [0.5, 0.6) is 11.5 Å². The number of halogens is 1. The highest BCUT2D eigenvalue weighted by atomic mass is 35.5. The number of carboxylic acids is 1. The predicted octanol–water partition coefficient (Wildman–Crippen LogP) is 4.42. The first-order valence-corrected chi connectivity index (χ1v) is 8.69. The average Bonchev–Trinajstić information content (AvgIpc) is 3.37. The maximum absolute atomic E-state index is 12.2. The molecular weight excluding hydrogens is 316 g/mol. The van der Waals surface area contributed by atoms with Crippen molar-refractivity contribution in [1.29, 1.82) is 0 Å². The van der Waals surface area contributed by atoms with Crippen LogP contribution in [0.1, 0.15) is 50.5 Å². The minimum Gasteiger partial charge on any atom is -0.493 e. The van der Waals surface area contributed by atoms with Gasteiger partial charge in [-0.2, -0.15) is 0 Å². The Morgan fingerprint density at radius 3 is 2.57 bits per heavy atom. The molecule has 2 aliphatic carbocycles. The number of aliphatic carboxylic acids is 1. The van der Waals surface area contributed by atoms with Crippen LogP contribution in [0.3, 0.4) is 0 Å². The van der Waals surface area contributed by atoms with Crippen LogP contribution in [0.25, 0.3) is 0 Å². The Bertz CT molecular complexity index is 589. The first-order chi connectivity index (χ1) is 11.1. The average molecular weight is 339 g/mol. The van der Waals surface area contributed by atoms with E-state index in [0.29, 0.717) is 47.5 Å². The smallest absolute Gasteiger partial charge is 0.314 e. The number of rotatable bonds is 6. The van der Waals surface area contributed by atoms with E-state index >= 15 is 0 Å². The van der Waals surface area contributed by atoms with Crippen molar-refractivity contribution >= 4 is 17.6 Å². The predicted molar refractivity (Wildman–Crippen MR) is 88.6 cm³/mol. The summed E-state index contributed by atoms with van der Waals surface area (Å²) < 4.78 is 11.5. The molecule has 0 heterocycles. The zero-order chi connectivity index (χ0) is 16.4. The largest absolute Gasteiger partial charge is 0.493 e. The lowest BCUT2D eigenvalue weighted by Gasteiger charge is -2.35. The van der Waals surface area contributed by atoms with Crippen molar-refractivity contribution in [3.8, 4) is 11.5 Å². The molecule has 4 nitrogen and oxygen atoms in total. The molecule has 5 heteroatoms. The third-order valence-corrected chi connectivity index (χ3v) is 5.36. The molecule has 0 aromatic heterocycles. The van der Waals surface area contributed by atoms with E-state index in [9.17, 15) is 9.90 Å². The third-order valence-electron chi connectivity index (χ3n) is 5.05. The summed E-state index contributed by atoms with van der Waals surface area (Å²) in [6, 6.07) is 3.48. The van der Waals surface area contributed by atoms with E-state index in [2.05, 4.69) is 0 Å². The fraction of sp³-hybridized carbons (Fsp3) is 0.611. The highest BCUT2D eigenvalue weighted by Crippen LogP contribution is 2.50. The van der Waals surface area contributed by atoms with E-state index in [1.807, 2.05) is 0 Å². The molecule has 0 bridgehead atoms. The summed E-state index contributed by atoms with van der Waals surface area (Å²) in [6.07, 6.45) is 6.37. The topological polar surface area (TPSA) is 55.8 Å². The third kappa shape index (κ3) is 3.14. The summed E-state index contributed by atoms with van der Waals surface area (Å²) >= 11 is 6.46. The number of carbonyl (C=O) groups is 1. The van der Waals surface area contributed by atoms with Crippen molar-refractivity contribution in [3.63, 3.8) is 0 Å². The Morgan fingerprint density at radius 1 is 1.30 bits per heavy atom. The summed E-state index contributed by atoms with van der Waals surface area (Å²) in [7, 11) is 1.57. The van der Waals surface area contributed by atoms with Gasteiger partial charge in [-0.25, -0.2) is 0 Å². The Labute approximate surface area is 141 Å². The molecule has 1 aromatic carbocycles. The molecule has 1 aromatic rings. The Hall–Kier alpha value is -1.42. The van der Waals surface area contributed by atoms with Crippen LogP contribution in [0.4, 0.5) is 0 Å². The van der Waals surface area contributed by atoms with Gasteiger partial charge in [0.05, 0.1) is 19.1 Å². The van der Waals surface area contributed by atoms with Gasteiger partial charge in [0.1, 0.15) is 0 Å². The van der Waals surface area contributed by atoms with Crippen molar-refractivity contribution in [2.75, 3.05) is 13.7 Å². The summed E-state index contributed by atoms with van der Waals surface area (Å²) in [6.45, 7) is 0.597. The minimum atomic E-state index is -0.969. The van der Waals surface area contributed by atoms with Crippen LogP contribution in [-0.2, 0) is 10.2 Å². The van der Waals surface area contributed by atoms with Gasteiger partial charge in [-0.05, 0) is 43.7 Å². The SMILES string of the molecule is COc1ccc(Cl)c(C2(C(=O)O)CCCCC2)c1OCC1CC1. The van der Waals surface area contributed by atoms with Gasteiger partial charge >= 0.3 is 5.97 Å². The second-order valence-corrected chi connectivity index (χ2v) is 7.06. The Balaban J connectivity index is 2.08. The zero-order valence-corrected chi connectivity index (χ0v) is 14.2. The molecule has 2 fully saturated rings. The van der Waals surface area contributed by atoms with E-state index in [-0.39, 0.29) is 0 Å². The second kappa shape index (κ2) is 6.60. The second-order valence-electron chi connectivity index (χ2n) is 6.66. The van der Waals surface area contributed by atoms with Gasteiger partial charge in [0.15, 0.2) is 11.5 Å². The van der Waals surface area contributed by atoms with Crippen LogP contribution >= 0.6 is 11.6 Å². The first-order valence-electron chi connectivity index (χ1n) is 8.31. The molecule has 0 radical (unpaired) electrons. The molecule has 1 N–H and O–H groups in total. The molecule has 0 unspecified atom stereocenters. The molecule has 0 aliphatic heterocycles. The lowest BCUT2D eigenvalue weighted by Crippen LogP contribution is -2.38. The molecule has 0 amide bonds. The number of hydrogen-bond donors (Lipinski definition) is 1. The molecule has 126 valence electrons. The van der Waals surface area contributed by atoms with Gasteiger partial charge in [0.2, 0.25) is 0 Å². The van der Waals surface area contributed by atoms with E-state index in [0.717, 1.165) is 19.3 Å². The molecule has 23 heavy (non-hydrogen) atoms. The van der Waals surface area contributed by atoms with Gasteiger partial charge in [-0.1, -0.05) is 30.9 Å². The number of hydrogen-bond acceptors (Lipinski definition) is 3. The lowest BCUT2D eigenvalue weighted by molar-refractivity contribution is -0.145. The minimum absolute atomic E-state index is 0.459. The number of methoxy groups -OCH3 is 1. The van der Waals surface area contributed by atoms with Crippen molar-refractivity contribution in [1.82, 2.24) is 0 Å². The van der Waals surface area contributed by atoms with Crippen LogP contribution in [0.2, 0.25) is 5.02 Å². The molecule has 2 aliphatic rings. The van der Waals surface area contributed by atoms with Crippen molar-refractivity contribution < 1.29 is 19.4 Å². The summed E-state index contributed by atoms with van der Waals surface area (Å²) in [5, 5.41) is 10.4. The monoisotopic (exact) mass is 338 g/mol. The lowest BCUT2D eigenvalue weighted by atomic mass is 9.69. The van der Waals surface area contributed by atoms with Crippen molar-refractivity contribution in [3.05, 3.63) is 22.7 Å². The highest BCUT2D eigenvalue weighted by molar-refractivity contribution is 6.32. The summed E-state index contributed by atoms with van der Waals surface area (Å²) in [5.74, 6) is 0.842. The zero-order valence-electron chi connectivity index (χ0n) is 13.4. The van der Waals surface area contributed by atoms with Crippen molar-refractivity contribution in [2.24, 2.45) is 5.92 Å². The highest BCUT2D eigenvalue weighted by Gasteiger charge is 2.45. The fourth-order valence-corrected chi connectivity index (χ4v) is 3.83. The van der Waals surface area contributed by atoms with Crippen molar-refractivity contribution in [2.45, 2.75) is 50.4 Å². The molecule has 2 saturated carbocycles. The van der Waals surface area contributed by atoms with Crippen LogP contribution in [0, 0.1) is 5.92 Å². The van der Waals surface area contributed by atoms with E-state index < -0.39 is 11.4 Å². The van der Waals surface area contributed by atoms with Gasteiger partial charge in [0.25, 0.3) is 0 Å². The van der Waals surface area contributed by atoms with Crippen LogP contribution in [0.15, 0.2) is 12.1 Å². The van der Waals surface area contributed by atoms with Crippen LogP contribution < -0.4 is 9.47 Å². The van der Waals surface area contributed by atoms with E-state index in [4.69, 9.17) is 21.1 Å². The fourth-order valence-electron chi connectivity index (χ4n) is 3.50. The first kappa shape index (κ1) is 16.4. The number of benzene rings is 1. The molecule has 0 saturated heterocycles. The van der Waals surface area contributed by atoms with E-state index in [1.54, 1.807) is 19.2 Å². The van der Waals surface area contributed by atoms with Crippen LogP contribution in [-0.4, -0.2) is 24.8 Å².